The number of nitrogens with one attached hydrogen (secondary N) is 3. The van der Waals surface area contributed by atoms with Crippen LogP contribution in [0.2, 0.25) is 5.02 Å². The monoisotopic (exact) mass is 471 g/mol. The number of alkyl halides is 3. The summed E-state index contributed by atoms with van der Waals surface area (Å²) in [7, 11) is 0. The number of hydrogen-bond donors (Lipinski definition) is 3. The van der Waals surface area contributed by atoms with Crippen molar-refractivity contribution in [1.29, 1.82) is 0 Å². The third-order valence-electron chi connectivity index (χ3n) is 4.08. The average Bonchev–Trinajstić information content (AvgIpc) is 2.64. The zero-order valence-corrected chi connectivity index (χ0v) is 17.3. The van der Waals surface area contributed by atoms with E-state index in [0.717, 1.165) is 32.1 Å². The molecule has 0 atom stereocenters. The topological polar surface area (TPSA) is 78.9 Å². The van der Waals surface area contributed by atoms with Gasteiger partial charge in [-0.1, -0.05) is 11.6 Å². The highest BCUT2D eigenvalue weighted by Gasteiger charge is 2.38. The molecule has 1 saturated heterocycles. The van der Waals surface area contributed by atoms with Crippen molar-refractivity contribution in [2.45, 2.75) is 25.1 Å². The van der Waals surface area contributed by atoms with Crippen LogP contribution in [0.4, 0.5) is 24.8 Å². The van der Waals surface area contributed by atoms with Crippen molar-refractivity contribution in [3.05, 3.63) is 46.7 Å². The van der Waals surface area contributed by atoms with E-state index in [0.29, 0.717) is 10.7 Å². The van der Waals surface area contributed by atoms with E-state index in [4.69, 9.17) is 11.6 Å². The van der Waals surface area contributed by atoms with Gasteiger partial charge in [0.2, 0.25) is 5.95 Å². The summed E-state index contributed by atoms with van der Waals surface area (Å²) < 4.78 is 40.3. The zero-order chi connectivity index (χ0) is 19.4. The number of nitrogens with zero attached hydrogens (tertiary/aromatic N) is 2. The van der Waals surface area contributed by atoms with Crippen LogP contribution in [0.25, 0.3) is 0 Å². The summed E-state index contributed by atoms with van der Waals surface area (Å²) in [6, 6.07) is 6.00. The normalized spacial score (nSPS) is 14.3. The van der Waals surface area contributed by atoms with Crippen molar-refractivity contribution in [1.82, 2.24) is 15.3 Å². The second kappa shape index (κ2) is 10.8. The van der Waals surface area contributed by atoms with Gasteiger partial charge in [0, 0.05) is 22.9 Å². The van der Waals surface area contributed by atoms with E-state index in [2.05, 4.69) is 25.9 Å². The van der Waals surface area contributed by atoms with Gasteiger partial charge in [-0.3, -0.25) is 4.79 Å². The fourth-order valence-electron chi connectivity index (χ4n) is 2.71. The minimum atomic E-state index is -4.79. The minimum absolute atomic E-state index is 0. The Kier molecular flexibility index (Phi) is 9.41. The number of carbonyl (C=O) groups excluding carboxylic acids is 1. The van der Waals surface area contributed by atoms with E-state index in [1.54, 1.807) is 0 Å². The maximum Gasteiger partial charge on any atom is 0.434 e. The Morgan fingerprint density at radius 2 is 1.76 bits per heavy atom. The van der Waals surface area contributed by atoms with Crippen LogP contribution in [0.1, 0.15) is 28.9 Å². The molecule has 0 radical (unpaired) electrons. The first-order chi connectivity index (χ1) is 12.8. The molecule has 12 heteroatoms. The first-order valence-corrected chi connectivity index (χ1v) is 8.69. The van der Waals surface area contributed by atoms with Crippen molar-refractivity contribution in [3.63, 3.8) is 0 Å². The van der Waals surface area contributed by atoms with E-state index in [9.17, 15) is 18.0 Å². The van der Waals surface area contributed by atoms with E-state index < -0.39 is 23.3 Å². The molecular weight excluding hydrogens is 454 g/mol. The molecule has 160 valence electrons. The van der Waals surface area contributed by atoms with Crippen molar-refractivity contribution in [2.24, 2.45) is 0 Å². The number of anilines is 2. The standard InChI is InChI=1S/C17H17ClF3N5O.2ClH/c18-10-1-3-11(4-2-10)24-15(27)13-9-23-16(26-14(13)17(19,20)21)25-12-5-7-22-8-6-12;;/h1-4,9,12,22H,5-8H2,(H,24,27)(H,23,25,26);2*1H. The Hall–Kier alpha value is -1.81. The van der Waals surface area contributed by atoms with Crippen LogP contribution in [-0.4, -0.2) is 35.0 Å². The van der Waals surface area contributed by atoms with Gasteiger partial charge < -0.3 is 16.0 Å². The van der Waals surface area contributed by atoms with Gasteiger partial charge in [-0.25, -0.2) is 9.97 Å². The van der Waals surface area contributed by atoms with Crippen LogP contribution in [0.3, 0.4) is 0 Å². The molecule has 29 heavy (non-hydrogen) atoms. The molecule has 0 aliphatic carbocycles. The molecule has 3 rings (SSSR count). The lowest BCUT2D eigenvalue weighted by Gasteiger charge is -2.24. The van der Waals surface area contributed by atoms with E-state index >= 15 is 0 Å². The summed E-state index contributed by atoms with van der Waals surface area (Å²) >= 11 is 5.76. The maximum atomic E-state index is 13.4. The number of carbonyl (C=O) groups is 1. The number of aromatic nitrogens is 2. The molecule has 0 saturated carbocycles. The van der Waals surface area contributed by atoms with E-state index in [1.807, 2.05) is 0 Å². The second-order valence-corrected chi connectivity index (χ2v) is 6.52. The van der Waals surface area contributed by atoms with E-state index in [-0.39, 0.29) is 36.8 Å². The molecule has 1 aromatic heterocycles. The number of hydrogen-bond acceptors (Lipinski definition) is 5. The molecular formula is C17H19Cl3F3N5O. The zero-order valence-electron chi connectivity index (χ0n) is 14.9. The Balaban J connectivity index is 0.00000210. The van der Waals surface area contributed by atoms with Gasteiger partial charge in [0.05, 0.1) is 5.56 Å². The van der Waals surface area contributed by atoms with Gasteiger partial charge in [-0.2, -0.15) is 13.2 Å². The molecule has 0 unspecified atom stereocenters. The van der Waals surface area contributed by atoms with Crippen LogP contribution in [0.5, 0.6) is 0 Å². The highest BCUT2D eigenvalue weighted by Crippen LogP contribution is 2.31. The summed E-state index contributed by atoms with van der Waals surface area (Å²) in [5, 5.41) is 8.91. The summed E-state index contributed by atoms with van der Waals surface area (Å²) in [4.78, 5) is 19.8. The average molecular weight is 473 g/mol. The predicted octanol–water partition coefficient (Wildman–Crippen LogP) is 4.41. The van der Waals surface area contributed by atoms with Crippen LogP contribution >= 0.6 is 36.4 Å². The van der Waals surface area contributed by atoms with Gasteiger partial charge in [-0.15, -0.1) is 24.8 Å². The molecule has 6 nitrogen and oxygen atoms in total. The molecule has 2 aromatic rings. The van der Waals surface area contributed by atoms with Crippen LogP contribution in [0.15, 0.2) is 30.5 Å². The first kappa shape index (κ1) is 25.2. The van der Waals surface area contributed by atoms with Crippen LogP contribution in [0, 0.1) is 0 Å². The third-order valence-corrected chi connectivity index (χ3v) is 4.33. The smallest absolute Gasteiger partial charge is 0.351 e. The lowest BCUT2D eigenvalue weighted by molar-refractivity contribution is -0.141. The molecule has 2 heterocycles. The van der Waals surface area contributed by atoms with Crippen molar-refractivity contribution < 1.29 is 18.0 Å². The summed E-state index contributed by atoms with van der Waals surface area (Å²) in [6.45, 7) is 1.54. The molecule has 0 spiro atoms. The Labute approximate surface area is 182 Å². The third kappa shape index (κ3) is 6.88. The Morgan fingerprint density at radius 1 is 1.14 bits per heavy atom. The molecule has 1 aliphatic rings. The minimum Gasteiger partial charge on any atom is -0.351 e. The second-order valence-electron chi connectivity index (χ2n) is 6.08. The van der Waals surface area contributed by atoms with Crippen molar-refractivity contribution in [3.8, 4) is 0 Å². The van der Waals surface area contributed by atoms with Crippen molar-refractivity contribution in [2.75, 3.05) is 23.7 Å². The number of amides is 1. The predicted molar refractivity (Wildman–Crippen MR) is 110 cm³/mol. The SMILES string of the molecule is Cl.Cl.O=C(Nc1ccc(Cl)cc1)c1cnc(NC2CCNCC2)nc1C(F)(F)F. The summed E-state index contributed by atoms with van der Waals surface area (Å²) in [6.07, 6.45) is -2.39. The molecule has 3 N–H and O–H groups in total. The quantitative estimate of drug-likeness (QED) is 0.614. The van der Waals surface area contributed by atoms with Gasteiger partial charge in [0.1, 0.15) is 0 Å². The van der Waals surface area contributed by atoms with Crippen LogP contribution in [-0.2, 0) is 6.18 Å². The fraction of sp³-hybridized carbons (Fsp3) is 0.353. The number of piperidine rings is 1. The van der Waals surface area contributed by atoms with Gasteiger partial charge in [0.25, 0.3) is 5.91 Å². The molecule has 1 amide bonds. The lowest BCUT2D eigenvalue weighted by atomic mass is 10.1. The Morgan fingerprint density at radius 3 is 2.34 bits per heavy atom. The molecule has 1 aromatic carbocycles. The lowest BCUT2D eigenvalue weighted by Crippen LogP contribution is -2.36. The van der Waals surface area contributed by atoms with Gasteiger partial charge in [0.15, 0.2) is 5.69 Å². The fourth-order valence-corrected chi connectivity index (χ4v) is 2.84. The number of halogens is 6. The highest BCUT2D eigenvalue weighted by molar-refractivity contribution is 6.30. The number of benzene rings is 1. The molecule has 1 aliphatic heterocycles. The largest absolute Gasteiger partial charge is 0.434 e. The maximum absolute atomic E-state index is 13.4. The van der Waals surface area contributed by atoms with E-state index in [1.165, 1.54) is 24.3 Å². The number of rotatable bonds is 4. The molecule has 1 fully saturated rings. The van der Waals surface area contributed by atoms with Crippen molar-refractivity contribution >= 4 is 54.0 Å². The summed E-state index contributed by atoms with van der Waals surface area (Å²) in [5.41, 5.74) is -1.61. The Bertz CT molecular complexity index is 815. The highest BCUT2D eigenvalue weighted by atomic mass is 35.5. The molecule has 0 bridgehead atoms. The first-order valence-electron chi connectivity index (χ1n) is 8.31. The van der Waals surface area contributed by atoms with Crippen LogP contribution < -0.4 is 16.0 Å². The van der Waals surface area contributed by atoms with Gasteiger partial charge >= 0.3 is 6.18 Å². The summed E-state index contributed by atoms with van der Waals surface area (Å²) in [5.74, 6) is -1.09. The van der Waals surface area contributed by atoms with Gasteiger partial charge in [-0.05, 0) is 50.2 Å².